The Morgan fingerprint density at radius 1 is 0.974 bits per heavy atom. The highest BCUT2D eigenvalue weighted by Gasteiger charge is 2.48. The molecule has 1 fully saturated rings. The third-order valence-electron chi connectivity index (χ3n) is 7.13. The molecule has 2 aliphatic rings. The fourth-order valence-corrected chi connectivity index (χ4v) is 6.20. The molecule has 3 aromatic rings. The van der Waals surface area contributed by atoms with Gasteiger partial charge in [-0.15, -0.1) is 0 Å². The van der Waals surface area contributed by atoms with Crippen LogP contribution in [0.5, 0.6) is 5.75 Å². The van der Waals surface area contributed by atoms with Gasteiger partial charge in [0, 0.05) is 17.0 Å². The van der Waals surface area contributed by atoms with Crippen molar-refractivity contribution in [2.45, 2.75) is 55.6 Å². The molecule has 2 aliphatic heterocycles. The Balaban J connectivity index is 1.43. The molecule has 5 rings (SSSR count). The molecule has 2 heterocycles. The normalized spacial score (nSPS) is 22.5. The van der Waals surface area contributed by atoms with Crippen LogP contribution < -0.4 is 9.46 Å². The molecule has 0 aromatic heterocycles. The fraction of sp³-hybridized carbons (Fsp3) is 0.321. The van der Waals surface area contributed by atoms with Gasteiger partial charge in [0.1, 0.15) is 11.4 Å². The van der Waals surface area contributed by atoms with E-state index < -0.39 is 44.3 Å². The number of ether oxygens (including phenoxy) is 2. The van der Waals surface area contributed by atoms with Gasteiger partial charge < -0.3 is 9.47 Å². The number of rotatable bonds is 4. The van der Waals surface area contributed by atoms with Crippen molar-refractivity contribution in [2.24, 2.45) is 5.92 Å². The zero-order valence-corrected chi connectivity index (χ0v) is 21.5. The van der Waals surface area contributed by atoms with Crippen molar-refractivity contribution in [3.63, 3.8) is 0 Å². The Morgan fingerprint density at radius 3 is 2.42 bits per heavy atom. The second kappa shape index (κ2) is 9.43. The highest BCUT2D eigenvalue weighted by molar-refractivity contribution is 7.90. The highest BCUT2D eigenvalue weighted by atomic mass is 32.2. The molecular weight excluding hydrogens is 519 g/mol. The number of hydrogen-bond acceptors (Lipinski definition) is 5. The molecule has 0 unspecified atom stereocenters. The predicted octanol–water partition coefficient (Wildman–Crippen LogP) is 6.20. The maximum Gasteiger partial charge on any atom is 0.416 e. The van der Waals surface area contributed by atoms with Crippen molar-refractivity contribution < 1.29 is 35.9 Å². The van der Waals surface area contributed by atoms with E-state index in [0.29, 0.717) is 17.4 Å². The first kappa shape index (κ1) is 26.2. The number of sulfonamides is 1. The van der Waals surface area contributed by atoms with Crippen LogP contribution >= 0.6 is 0 Å². The van der Waals surface area contributed by atoms with E-state index in [-0.39, 0.29) is 17.6 Å². The molecular formula is C28H26F3NO5S. The quantitative estimate of drug-likeness (QED) is 0.422. The molecule has 1 amide bonds. The second-order valence-corrected chi connectivity index (χ2v) is 11.7. The van der Waals surface area contributed by atoms with Crippen LogP contribution in [0.3, 0.4) is 0 Å². The van der Waals surface area contributed by atoms with Crippen molar-refractivity contribution in [3.05, 3.63) is 95.1 Å². The summed E-state index contributed by atoms with van der Waals surface area (Å²) in [6.07, 6.45) is -3.67. The standard InChI is InChI=1S/C28H26F3NO5S/c1-27(2)22-12-14-23(17-7-4-3-5-8-17)36-25(22)21-15-18(11-13-24(21)37-27)26(33)32-38(34,35)20-10-6-9-19(16-20)28(29,30)31/h3-11,13,15-16,22-23,25H,12,14H2,1-2H3,(H,32,33)/t22-,23+,25+/m1/s1. The number of benzene rings is 3. The number of nitrogens with one attached hydrogen (secondary N) is 1. The average Bonchev–Trinajstić information content (AvgIpc) is 2.88. The molecule has 200 valence electrons. The van der Waals surface area contributed by atoms with Gasteiger partial charge >= 0.3 is 6.18 Å². The molecule has 3 atom stereocenters. The minimum atomic E-state index is -4.73. The van der Waals surface area contributed by atoms with Gasteiger partial charge in [0.05, 0.1) is 22.7 Å². The van der Waals surface area contributed by atoms with Crippen LogP contribution in [0.2, 0.25) is 0 Å². The lowest BCUT2D eigenvalue weighted by Gasteiger charge is -2.48. The Labute approximate surface area is 218 Å². The Hall–Kier alpha value is -3.37. The summed E-state index contributed by atoms with van der Waals surface area (Å²) in [4.78, 5) is 12.3. The molecule has 10 heteroatoms. The summed E-state index contributed by atoms with van der Waals surface area (Å²) in [7, 11) is -4.56. The Kier molecular flexibility index (Phi) is 6.51. The lowest BCUT2D eigenvalue weighted by atomic mass is 9.74. The maximum atomic E-state index is 13.1. The van der Waals surface area contributed by atoms with Crippen molar-refractivity contribution in [1.29, 1.82) is 0 Å². The second-order valence-electron chi connectivity index (χ2n) is 10.1. The molecule has 3 aromatic carbocycles. The summed E-state index contributed by atoms with van der Waals surface area (Å²) in [5.74, 6) is -0.452. The third-order valence-corrected chi connectivity index (χ3v) is 8.46. The predicted molar refractivity (Wildman–Crippen MR) is 133 cm³/mol. The zero-order chi connectivity index (χ0) is 27.3. The van der Waals surface area contributed by atoms with Crippen molar-refractivity contribution in [2.75, 3.05) is 0 Å². The number of halogens is 3. The Bertz CT molecular complexity index is 1470. The van der Waals surface area contributed by atoms with Crippen LogP contribution in [0.1, 0.15) is 65.9 Å². The molecule has 1 saturated heterocycles. The van der Waals surface area contributed by atoms with Crippen LogP contribution in [0.25, 0.3) is 0 Å². The largest absolute Gasteiger partial charge is 0.487 e. The van der Waals surface area contributed by atoms with Crippen LogP contribution in [-0.4, -0.2) is 19.9 Å². The number of amides is 1. The monoisotopic (exact) mass is 545 g/mol. The number of fused-ring (bicyclic) bond motifs is 3. The van der Waals surface area contributed by atoms with E-state index in [2.05, 4.69) is 0 Å². The molecule has 0 radical (unpaired) electrons. The lowest BCUT2D eigenvalue weighted by Crippen LogP contribution is -2.47. The van der Waals surface area contributed by atoms with Gasteiger partial charge in [0.2, 0.25) is 0 Å². The number of alkyl halides is 3. The first-order chi connectivity index (χ1) is 17.8. The van der Waals surface area contributed by atoms with Crippen molar-refractivity contribution >= 4 is 15.9 Å². The van der Waals surface area contributed by atoms with E-state index in [1.165, 1.54) is 12.1 Å². The van der Waals surface area contributed by atoms with Gasteiger partial charge in [-0.25, -0.2) is 13.1 Å². The van der Waals surface area contributed by atoms with E-state index in [4.69, 9.17) is 9.47 Å². The number of carbonyl (C=O) groups is 1. The van der Waals surface area contributed by atoms with Gasteiger partial charge in [-0.1, -0.05) is 36.4 Å². The molecule has 0 bridgehead atoms. The Morgan fingerprint density at radius 2 is 1.71 bits per heavy atom. The molecule has 6 nitrogen and oxygen atoms in total. The maximum absolute atomic E-state index is 13.1. The summed E-state index contributed by atoms with van der Waals surface area (Å²) in [6.45, 7) is 3.98. The summed E-state index contributed by atoms with van der Waals surface area (Å²) in [6, 6.07) is 17.6. The van der Waals surface area contributed by atoms with E-state index in [1.54, 1.807) is 6.07 Å². The number of hydrogen-bond donors (Lipinski definition) is 1. The van der Waals surface area contributed by atoms with Crippen LogP contribution in [-0.2, 0) is 20.9 Å². The molecule has 0 saturated carbocycles. The topological polar surface area (TPSA) is 81.7 Å². The van der Waals surface area contributed by atoms with Gasteiger partial charge in [-0.05, 0) is 68.7 Å². The van der Waals surface area contributed by atoms with Gasteiger partial charge in [-0.2, -0.15) is 13.2 Å². The fourth-order valence-electron chi connectivity index (χ4n) is 5.18. The molecule has 38 heavy (non-hydrogen) atoms. The van der Waals surface area contributed by atoms with E-state index in [9.17, 15) is 26.4 Å². The third kappa shape index (κ3) is 5.02. The van der Waals surface area contributed by atoms with Gasteiger partial charge in [-0.3, -0.25) is 4.79 Å². The lowest BCUT2D eigenvalue weighted by molar-refractivity contribution is -0.151. The van der Waals surface area contributed by atoms with Crippen molar-refractivity contribution in [3.8, 4) is 5.75 Å². The first-order valence-electron chi connectivity index (χ1n) is 12.1. The van der Waals surface area contributed by atoms with Gasteiger partial charge in [0.15, 0.2) is 0 Å². The summed E-state index contributed by atoms with van der Waals surface area (Å²) in [5.41, 5.74) is 0.0224. The molecule has 0 spiro atoms. The summed E-state index contributed by atoms with van der Waals surface area (Å²) >= 11 is 0. The smallest absolute Gasteiger partial charge is 0.416 e. The summed E-state index contributed by atoms with van der Waals surface area (Å²) < 4.78 is 79.4. The zero-order valence-electron chi connectivity index (χ0n) is 20.7. The minimum Gasteiger partial charge on any atom is -0.487 e. The van der Waals surface area contributed by atoms with Gasteiger partial charge in [0.25, 0.3) is 15.9 Å². The average molecular weight is 546 g/mol. The molecule has 1 N–H and O–H groups in total. The number of carbonyl (C=O) groups excluding carboxylic acids is 1. The van der Waals surface area contributed by atoms with Crippen LogP contribution in [0.15, 0.2) is 77.7 Å². The first-order valence-corrected chi connectivity index (χ1v) is 13.6. The van der Waals surface area contributed by atoms with E-state index in [1.807, 2.05) is 48.9 Å². The molecule has 0 aliphatic carbocycles. The SMILES string of the molecule is CC1(C)Oc2ccc(C(=O)NS(=O)(=O)c3cccc(C(F)(F)F)c3)cc2[C@@H]2O[C@H](c3ccccc3)CC[C@H]21. The van der Waals surface area contributed by atoms with Crippen LogP contribution in [0.4, 0.5) is 13.2 Å². The summed E-state index contributed by atoms with van der Waals surface area (Å²) in [5, 5.41) is 0. The minimum absolute atomic E-state index is 0.0119. The van der Waals surface area contributed by atoms with Crippen LogP contribution in [0, 0.1) is 5.92 Å². The van der Waals surface area contributed by atoms with E-state index in [0.717, 1.165) is 36.6 Å². The van der Waals surface area contributed by atoms with E-state index >= 15 is 0 Å². The highest BCUT2D eigenvalue weighted by Crippen LogP contribution is 2.53. The van der Waals surface area contributed by atoms with Crippen molar-refractivity contribution in [1.82, 2.24) is 4.72 Å².